The summed E-state index contributed by atoms with van der Waals surface area (Å²) in [7, 11) is -2.00. The fraction of sp³-hybridized carbons (Fsp3) is 0.333. The molecule has 1 aliphatic heterocycles. The lowest BCUT2D eigenvalue weighted by Crippen LogP contribution is -2.35. The summed E-state index contributed by atoms with van der Waals surface area (Å²) < 4.78 is 32.3. The molecular weight excluding hydrogens is 390 g/mol. The van der Waals surface area contributed by atoms with Crippen LogP contribution in [0.3, 0.4) is 0 Å². The van der Waals surface area contributed by atoms with Crippen molar-refractivity contribution in [1.29, 1.82) is 0 Å². The number of carbonyl (C=O) groups excluding carboxylic acids is 1. The molecule has 3 rings (SSSR count). The fourth-order valence-corrected chi connectivity index (χ4v) is 4.71. The van der Waals surface area contributed by atoms with E-state index < -0.39 is 15.9 Å². The SMILES string of the molecule is COc1ccc(/C(C)=N\NC(=O)c2cccc(S(=O)(=O)N3CCCCC3)c2)cc1. The van der Waals surface area contributed by atoms with Crippen molar-refractivity contribution in [1.82, 2.24) is 9.73 Å². The van der Waals surface area contributed by atoms with E-state index in [0.717, 1.165) is 30.6 Å². The molecule has 1 N–H and O–H groups in total. The first-order chi connectivity index (χ1) is 13.9. The first-order valence-electron chi connectivity index (χ1n) is 9.51. The van der Waals surface area contributed by atoms with Crippen LogP contribution in [0.2, 0.25) is 0 Å². The van der Waals surface area contributed by atoms with E-state index in [1.165, 1.54) is 16.4 Å². The monoisotopic (exact) mass is 415 g/mol. The van der Waals surface area contributed by atoms with Crippen molar-refractivity contribution >= 4 is 21.6 Å². The molecule has 1 fully saturated rings. The molecule has 0 atom stereocenters. The first kappa shape index (κ1) is 21.0. The molecule has 8 heteroatoms. The normalized spacial score (nSPS) is 15.7. The number of hydrogen-bond donors (Lipinski definition) is 1. The molecule has 0 radical (unpaired) electrons. The molecule has 2 aromatic rings. The number of carbonyl (C=O) groups is 1. The molecule has 7 nitrogen and oxygen atoms in total. The summed E-state index contributed by atoms with van der Waals surface area (Å²) in [5, 5.41) is 4.12. The average molecular weight is 416 g/mol. The lowest BCUT2D eigenvalue weighted by Gasteiger charge is -2.25. The Morgan fingerprint density at radius 2 is 1.72 bits per heavy atom. The van der Waals surface area contributed by atoms with Crippen LogP contribution in [0.4, 0.5) is 0 Å². The second kappa shape index (κ2) is 9.19. The van der Waals surface area contributed by atoms with Crippen molar-refractivity contribution < 1.29 is 17.9 Å². The van der Waals surface area contributed by atoms with E-state index in [1.54, 1.807) is 26.2 Å². The van der Waals surface area contributed by atoms with Crippen molar-refractivity contribution in [3.05, 3.63) is 59.7 Å². The van der Waals surface area contributed by atoms with Gasteiger partial charge < -0.3 is 4.74 Å². The molecule has 0 bridgehead atoms. The third kappa shape index (κ3) is 5.02. The summed E-state index contributed by atoms with van der Waals surface area (Å²) >= 11 is 0. The van der Waals surface area contributed by atoms with Crippen LogP contribution in [0, 0.1) is 0 Å². The molecule has 1 amide bonds. The molecule has 2 aromatic carbocycles. The van der Waals surface area contributed by atoms with Crippen LogP contribution in [0.5, 0.6) is 5.75 Å². The molecule has 29 heavy (non-hydrogen) atoms. The Morgan fingerprint density at radius 3 is 2.38 bits per heavy atom. The number of hydrogen-bond acceptors (Lipinski definition) is 5. The van der Waals surface area contributed by atoms with E-state index in [-0.39, 0.29) is 10.5 Å². The third-order valence-electron chi connectivity index (χ3n) is 4.88. The summed E-state index contributed by atoms with van der Waals surface area (Å²) in [5.41, 5.74) is 4.20. The maximum Gasteiger partial charge on any atom is 0.271 e. The molecule has 0 spiro atoms. The molecular formula is C21H25N3O4S. The van der Waals surface area contributed by atoms with Crippen molar-refractivity contribution in [2.45, 2.75) is 31.1 Å². The number of nitrogens with zero attached hydrogens (tertiary/aromatic N) is 2. The zero-order chi connectivity index (χ0) is 20.9. The number of ether oxygens (including phenoxy) is 1. The third-order valence-corrected chi connectivity index (χ3v) is 6.78. The maximum atomic E-state index is 12.8. The molecule has 0 aliphatic carbocycles. The van der Waals surface area contributed by atoms with Gasteiger partial charge in [0.1, 0.15) is 5.75 Å². The Bertz CT molecular complexity index is 995. The number of methoxy groups -OCH3 is 1. The first-order valence-corrected chi connectivity index (χ1v) is 10.9. The Balaban J connectivity index is 1.73. The summed E-state index contributed by atoms with van der Waals surface area (Å²) in [6, 6.07) is 13.4. The molecule has 0 saturated carbocycles. The van der Waals surface area contributed by atoms with E-state index in [2.05, 4.69) is 10.5 Å². The molecule has 1 heterocycles. The number of rotatable bonds is 6. The van der Waals surface area contributed by atoms with Gasteiger partial charge in [0, 0.05) is 18.7 Å². The van der Waals surface area contributed by atoms with E-state index in [1.807, 2.05) is 24.3 Å². The lowest BCUT2D eigenvalue weighted by atomic mass is 10.1. The number of amides is 1. The number of benzene rings is 2. The van der Waals surface area contributed by atoms with Gasteiger partial charge in [-0.15, -0.1) is 0 Å². The molecule has 1 saturated heterocycles. The van der Waals surface area contributed by atoms with Crippen LogP contribution in [0.1, 0.15) is 42.1 Å². The smallest absolute Gasteiger partial charge is 0.271 e. The summed E-state index contributed by atoms with van der Waals surface area (Å²) in [5.74, 6) is 0.269. The van der Waals surface area contributed by atoms with Crippen LogP contribution in [0.25, 0.3) is 0 Å². The standard InChI is InChI=1S/C21H25N3O4S/c1-16(17-9-11-19(28-2)12-10-17)22-23-21(25)18-7-6-8-20(15-18)29(26,27)24-13-4-3-5-14-24/h6-12,15H,3-5,13-14H2,1-2H3,(H,23,25)/b22-16-. The Hall–Kier alpha value is -2.71. The van der Waals surface area contributed by atoms with Gasteiger partial charge in [-0.3, -0.25) is 4.79 Å². The molecule has 0 aromatic heterocycles. The number of nitrogens with one attached hydrogen (secondary N) is 1. The van der Waals surface area contributed by atoms with Crippen LogP contribution in [-0.4, -0.2) is 44.5 Å². The largest absolute Gasteiger partial charge is 0.497 e. The van der Waals surface area contributed by atoms with Gasteiger partial charge in [0.2, 0.25) is 10.0 Å². The van der Waals surface area contributed by atoms with Crippen molar-refractivity contribution in [3.8, 4) is 5.75 Å². The van der Waals surface area contributed by atoms with Crippen molar-refractivity contribution in [2.24, 2.45) is 5.10 Å². The van der Waals surface area contributed by atoms with E-state index in [9.17, 15) is 13.2 Å². The van der Waals surface area contributed by atoms with Gasteiger partial charge >= 0.3 is 0 Å². The second-order valence-corrected chi connectivity index (χ2v) is 8.80. The zero-order valence-corrected chi connectivity index (χ0v) is 17.4. The van der Waals surface area contributed by atoms with Crippen LogP contribution < -0.4 is 10.2 Å². The van der Waals surface area contributed by atoms with Crippen molar-refractivity contribution in [3.63, 3.8) is 0 Å². The number of sulfonamides is 1. The van der Waals surface area contributed by atoms with Gasteiger partial charge in [-0.05, 0) is 67.8 Å². The molecule has 154 valence electrons. The molecule has 1 aliphatic rings. The van der Waals surface area contributed by atoms with E-state index in [4.69, 9.17) is 4.74 Å². The average Bonchev–Trinajstić information content (AvgIpc) is 2.78. The minimum absolute atomic E-state index is 0.128. The van der Waals surface area contributed by atoms with Gasteiger partial charge in [0.25, 0.3) is 5.91 Å². The number of hydrazone groups is 1. The lowest BCUT2D eigenvalue weighted by molar-refractivity contribution is 0.0954. The topological polar surface area (TPSA) is 88.1 Å². The minimum atomic E-state index is -3.59. The van der Waals surface area contributed by atoms with E-state index in [0.29, 0.717) is 18.8 Å². The zero-order valence-electron chi connectivity index (χ0n) is 16.6. The van der Waals surface area contributed by atoms with Gasteiger partial charge in [-0.1, -0.05) is 12.5 Å². The summed E-state index contributed by atoms with van der Waals surface area (Å²) in [6.07, 6.45) is 2.76. The predicted molar refractivity (Wildman–Crippen MR) is 112 cm³/mol. The van der Waals surface area contributed by atoms with Gasteiger partial charge in [-0.2, -0.15) is 9.41 Å². The second-order valence-electron chi connectivity index (χ2n) is 6.86. The Kier molecular flexibility index (Phi) is 6.66. The van der Waals surface area contributed by atoms with Gasteiger partial charge in [0.15, 0.2) is 0 Å². The van der Waals surface area contributed by atoms with Crippen LogP contribution >= 0.6 is 0 Å². The van der Waals surface area contributed by atoms with Gasteiger partial charge in [0.05, 0.1) is 17.7 Å². The highest BCUT2D eigenvalue weighted by molar-refractivity contribution is 7.89. The highest BCUT2D eigenvalue weighted by Gasteiger charge is 2.26. The summed E-state index contributed by atoms with van der Waals surface area (Å²) in [4.78, 5) is 12.6. The van der Waals surface area contributed by atoms with Crippen LogP contribution in [0.15, 0.2) is 58.5 Å². The van der Waals surface area contributed by atoms with Crippen molar-refractivity contribution in [2.75, 3.05) is 20.2 Å². The number of piperidine rings is 1. The Morgan fingerprint density at radius 1 is 1.03 bits per heavy atom. The highest BCUT2D eigenvalue weighted by Crippen LogP contribution is 2.21. The maximum absolute atomic E-state index is 12.8. The van der Waals surface area contributed by atoms with E-state index >= 15 is 0 Å². The Labute approximate surface area is 171 Å². The summed E-state index contributed by atoms with van der Waals surface area (Å²) in [6.45, 7) is 2.81. The van der Waals surface area contributed by atoms with Gasteiger partial charge in [-0.25, -0.2) is 13.8 Å². The van der Waals surface area contributed by atoms with Crippen LogP contribution in [-0.2, 0) is 10.0 Å². The highest BCUT2D eigenvalue weighted by atomic mass is 32.2. The molecule has 0 unspecified atom stereocenters. The predicted octanol–water partition coefficient (Wildman–Crippen LogP) is 3.02. The quantitative estimate of drug-likeness (QED) is 0.580. The minimum Gasteiger partial charge on any atom is -0.497 e. The fourth-order valence-electron chi connectivity index (χ4n) is 3.15.